The molecule has 112 valence electrons. The lowest BCUT2D eigenvalue weighted by atomic mass is 9.91. The molecule has 1 fully saturated rings. The topological polar surface area (TPSA) is 57.7 Å². The van der Waals surface area contributed by atoms with Crippen molar-refractivity contribution in [2.24, 2.45) is 5.92 Å². The summed E-state index contributed by atoms with van der Waals surface area (Å²) in [5.74, 6) is 0.666. The fraction of sp³-hybridized carbons (Fsp3) is 0.562. The highest BCUT2D eigenvalue weighted by atomic mass is 15.2. The zero-order valence-electron chi connectivity index (χ0n) is 12.8. The van der Waals surface area contributed by atoms with Gasteiger partial charge >= 0.3 is 0 Å². The van der Waals surface area contributed by atoms with Crippen LogP contribution in [-0.2, 0) is 6.42 Å². The van der Waals surface area contributed by atoms with Crippen LogP contribution in [0.2, 0.25) is 0 Å². The lowest BCUT2D eigenvalue weighted by Gasteiger charge is -2.35. The van der Waals surface area contributed by atoms with Gasteiger partial charge in [-0.3, -0.25) is 15.1 Å². The molecule has 1 atom stereocenters. The molecule has 21 heavy (non-hydrogen) atoms. The first-order valence-corrected chi connectivity index (χ1v) is 7.77. The molecule has 3 rings (SSSR count). The summed E-state index contributed by atoms with van der Waals surface area (Å²) < 4.78 is 0. The van der Waals surface area contributed by atoms with Crippen molar-refractivity contribution in [2.45, 2.75) is 39.2 Å². The SMILES string of the molecule is CC(C)N1CCC[C@@H](Cc2nccnc2-c2ccn[nH]2)C1. The third kappa shape index (κ3) is 3.29. The molecule has 0 unspecified atom stereocenters. The molecule has 1 saturated heterocycles. The molecule has 1 aliphatic rings. The summed E-state index contributed by atoms with van der Waals surface area (Å²) in [6.07, 6.45) is 8.85. The zero-order valence-corrected chi connectivity index (χ0v) is 12.8. The third-order valence-electron chi connectivity index (χ3n) is 4.29. The van der Waals surface area contributed by atoms with E-state index in [0.29, 0.717) is 12.0 Å². The van der Waals surface area contributed by atoms with Crippen LogP contribution in [0.1, 0.15) is 32.4 Å². The Bertz CT molecular complexity index is 564. The van der Waals surface area contributed by atoms with Gasteiger partial charge in [0, 0.05) is 31.2 Å². The Balaban J connectivity index is 1.76. The molecular formula is C16H23N5. The summed E-state index contributed by atoms with van der Waals surface area (Å²) >= 11 is 0. The van der Waals surface area contributed by atoms with E-state index in [9.17, 15) is 0 Å². The second-order valence-electron chi connectivity index (χ2n) is 6.12. The summed E-state index contributed by atoms with van der Waals surface area (Å²) in [5, 5.41) is 7.02. The molecule has 0 aliphatic carbocycles. The molecule has 0 radical (unpaired) electrons. The van der Waals surface area contributed by atoms with Crippen LogP contribution >= 0.6 is 0 Å². The average Bonchev–Trinajstić information content (AvgIpc) is 3.02. The van der Waals surface area contributed by atoms with Crippen LogP contribution in [-0.4, -0.2) is 44.2 Å². The van der Waals surface area contributed by atoms with Gasteiger partial charge in [0.05, 0.1) is 11.4 Å². The van der Waals surface area contributed by atoms with E-state index in [1.54, 1.807) is 18.6 Å². The van der Waals surface area contributed by atoms with Crippen LogP contribution in [0, 0.1) is 5.92 Å². The summed E-state index contributed by atoms with van der Waals surface area (Å²) in [4.78, 5) is 11.6. The third-order valence-corrected chi connectivity index (χ3v) is 4.29. The highest BCUT2D eigenvalue weighted by molar-refractivity contribution is 5.55. The summed E-state index contributed by atoms with van der Waals surface area (Å²) in [5.41, 5.74) is 2.98. The molecule has 0 bridgehead atoms. The fourth-order valence-electron chi connectivity index (χ4n) is 3.14. The Morgan fingerprint density at radius 2 is 2.14 bits per heavy atom. The van der Waals surface area contributed by atoms with Gasteiger partial charge in [0.15, 0.2) is 0 Å². The van der Waals surface area contributed by atoms with E-state index < -0.39 is 0 Å². The maximum absolute atomic E-state index is 4.57. The van der Waals surface area contributed by atoms with Gasteiger partial charge in [0.25, 0.3) is 0 Å². The Hall–Kier alpha value is -1.75. The number of aromatic amines is 1. The monoisotopic (exact) mass is 285 g/mol. The first kappa shape index (κ1) is 14.2. The van der Waals surface area contributed by atoms with Gasteiger partial charge < -0.3 is 4.90 Å². The maximum Gasteiger partial charge on any atom is 0.110 e. The predicted octanol–water partition coefficient (Wildman–Crippen LogP) is 2.53. The van der Waals surface area contributed by atoms with Crippen LogP contribution in [0.15, 0.2) is 24.7 Å². The number of H-pyrrole nitrogens is 1. The second kappa shape index (κ2) is 6.35. The molecule has 2 aromatic heterocycles. The van der Waals surface area contributed by atoms with E-state index in [1.165, 1.54) is 19.4 Å². The van der Waals surface area contributed by atoms with E-state index >= 15 is 0 Å². The molecule has 0 saturated carbocycles. The van der Waals surface area contributed by atoms with Crippen molar-refractivity contribution >= 4 is 0 Å². The number of nitrogens with zero attached hydrogens (tertiary/aromatic N) is 4. The van der Waals surface area contributed by atoms with E-state index in [4.69, 9.17) is 0 Å². The van der Waals surface area contributed by atoms with Crippen molar-refractivity contribution in [1.29, 1.82) is 0 Å². The highest BCUT2D eigenvalue weighted by Crippen LogP contribution is 2.25. The first-order valence-electron chi connectivity index (χ1n) is 7.77. The van der Waals surface area contributed by atoms with Crippen molar-refractivity contribution < 1.29 is 0 Å². The lowest BCUT2D eigenvalue weighted by Crippen LogP contribution is -2.40. The van der Waals surface area contributed by atoms with Crippen LogP contribution in [0.5, 0.6) is 0 Å². The van der Waals surface area contributed by atoms with Gasteiger partial charge in [-0.2, -0.15) is 5.10 Å². The number of hydrogen-bond acceptors (Lipinski definition) is 4. The van der Waals surface area contributed by atoms with E-state index in [-0.39, 0.29) is 0 Å². The quantitative estimate of drug-likeness (QED) is 0.938. The Labute approximate surface area is 125 Å². The summed E-state index contributed by atoms with van der Waals surface area (Å²) in [6.45, 7) is 6.94. The van der Waals surface area contributed by atoms with Crippen molar-refractivity contribution in [3.05, 3.63) is 30.4 Å². The molecule has 5 heteroatoms. The smallest absolute Gasteiger partial charge is 0.110 e. The number of nitrogens with one attached hydrogen (secondary N) is 1. The average molecular weight is 285 g/mol. The van der Waals surface area contributed by atoms with Gasteiger partial charge in [0.2, 0.25) is 0 Å². The van der Waals surface area contributed by atoms with Gasteiger partial charge in [-0.1, -0.05) is 0 Å². The van der Waals surface area contributed by atoms with Gasteiger partial charge in [-0.05, 0) is 51.6 Å². The van der Waals surface area contributed by atoms with E-state index in [0.717, 1.165) is 30.0 Å². The van der Waals surface area contributed by atoms with Gasteiger partial charge in [0.1, 0.15) is 5.69 Å². The Kier molecular flexibility index (Phi) is 4.29. The number of hydrogen-bond donors (Lipinski definition) is 1. The predicted molar refractivity (Wildman–Crippen MR) is 82.8 cm³/mol. The van der Waals surface area contributed by atoms with Crippen LogP contribution in [0.4, 0.5) is 0 Å². The van der Waals surface area contributed by atoms with Crippen LogP contribution in [0.25, 0.3) is 11.4 Å². The number of aromatic nitrogens is 4. The molecule has 1 N–H and O–H groups in total. The second-order valence-corrected chi connectivity index (χ2v) is 6.12. The molecule has 0 amide bonds. The minimum absolute atomic E-state index is 0.627. The van der Waals surface area contributed by atoms with Gasteiger partial charge in [-0.15, -0.1) is 0 Å². The standard InChI is InChI=1S/C16H23N5/c1-12(2)21-9-3-4-13(11-21)10-15-16(18-8-7-17-15)14-5-6-19-20-14/h5-8,12-13H,3-4,9-11H2,1-2H3,(H,19,20)/t13-/m0/s1. The van der Waals surface area contributed by atoms with Gasteiger partial charge in [-0.25, -0.2) is 0 Å². The fourth-order valence-corrected chi connectivity index (χ4v) is 3.14. The van der Waals surface area contributed by atoms with E-state index in [1.807, 2.05) is 6.07 Å². The molecule has 1 aliphatic heterocycles. The normalized spacial score (nSPS) is 20.0. The summed E-state index contributed by atoms with van der Waals surface area (Å²) in [6, 6.07) is 2.58. The Morgan fingerprint density at radius 3 is 2.90 bits per heavy atom. The first-order chi connectivity index (χ1) is 10.2. The largest absolute Gasteiger partial charge is 0.301 e. The number of piperidine rings is 1. The molecule has 0 spiro atoms. The van der Waals surface area contributed by atoms with Crippen molar-refractivity contribution in [1.82, 2.24) is 25.1 Å². The highest BCUT2D eigenvalue weighted by Gasteiger charge is 2.23. The van der Waals surface area contributed by atoms with Crippen molar-refractivity contribution in [2.75, 3.05) is 13.1 Å². The van der Waals surface area contributed by atoms with Crippen molar-refractivity contribution in [3.8, 4) is 11.4 Å². The lowest BCUT2D eigenvalue weighted by molar-refractivity contribution is 0.139. The number of likely N-dealkylation sites (tertiary alicyclic amines) is 1. The van der Waals surface area contributed by atoms with Crippen LogP contribution in [0.3, 0.4) is 0 Å². The summed E-state index contributed by atoms with van der Waals surface area (Å²) in [7, 11) is 0. The Morgan fingerprint density at radius 1 is 1.29 bits per heavy atom. The number of rotatable bonds is 4. The zero-order chi connectivity index (χ0) is 14.7. The maximum atomic E-state index is 4.57. The molecule has 5 nitrogen and oxygen atoms in total. The van der Waals surface area contributed by atoms with Crippen molar-refractivity contribution in [3.63, 3.8) is 0 Å². The molecule has 0 aromatic carbocycles. The minimum Gasteiger partial charge on any atom is -0.301 e. The van der Waals surface area contributed by atoms with E-state index in [2.05, 4.69) is 38.9 Å². The molecular weight excluding hydrogens is 262 g/mol. The minimum atomic E-state index is 0.627. The molecule has 2 aromatic rings. The van der Waals surface area contributed by atoms with Crippen LogP contribution < -0.4 is 0 Å². The molecule has 3 heterocycles.